The van der Waals surface area contributed by atoms with Crippen LogP contribution in [0.15, 0.2) is 77.7 Å². The third-order valence-electron chi connectivity index (χ3n) is 5.19. The number of anilines is 1. The van der Waals surface area contributed by atoms with Gasteiger partial charge in [-0.15, -0.1) is 0 Å². The lowest BCUT2D eigenvalue weighted by Gasteiger charge is -2.24. The second kappa shape index (κ2) is 9.35. The minimum Gasteiger partial charge on any atom is -0.345 e. The summed E-state index contributed by atoms with van der Waals surface area (Å²) in [6, 6.07) is 21.0. The molecule has 3 aromatic carbocycles. The molecule has 0 bridgehead atoms. The van der Waals surface area contributed by atoms with Gasteiger partial charge in [0.1, 0.15) is 0 Å². The van der Waals surface area contributed by atoms with Crippen LogP contribution in [0.25, 0.3) is 0 Å². The molecule has 162 valence electrons. The van der Waals surface area contributed by atoms with Crippen molar-refractivity contribution in [2.75, 3.05) is 4.72 Å². The molecule has 0 aliphatic heterocycles. The molecular weight excluding hydrogens is 408 g/mol. The molecule has 0 spiro atoms. The molecule has 5 nitrogen and oxygen atoms in total. The summed E-state index contributed by atoms with van der Waals surface area (Å²) in [5.41, 5.74) is 3.89. The largest absolute Gasteiger partial charge is 0.345 e. The summed E-state index contributed by atoms with van der Waals surface area (Å²) in [5.74, 6) is -0.0633. The smallest absolute Gasteiger partial charge is 0.261 e. The molecule has 0 saturated carbocycles. The SMILES string of the molecule is Cc1ccc(S(=O)(=O)Nc2cccc(C(=O)N[C@@H](c3ccccc3C)C(C)C)c2)cc1. The number of carbonyl (C=O) groups excluding carboxylic acids is 1. The zero-order valence-electron chi connectivity index (χ0n) is 18.2. The maximum Gasteiger partial charge on any atom is 0.261 e. The first kappa shape index (κ1) is 22.6. The number of hydrogen-bond acceptors (Lipinski definition) is 3. The van der Waals surface area contributed by atoms with Gasteiger partial charge in [0.25, 0.3) is 15.9 Å². The number of benzene rings is 3. The lowest BCUT2D eigenvalue weighted by Crippen LogP contribution is -2.32. The van der Waals surface area contributed by atoms with E-state index in [1.165, 1.54) is 0 Å². The van der Waals surface area contributed by atoms with Gasteiger partial charge in [0.15, 0.2) is 0 Å². The standard InChI is InChI=1S/C25H28N2O3S/c1-17(2)24(23-11-6-5-8-19(23)4)26-25(28)20-9-7-10-21(16-20)27-31(29,30)22-14-12-18(3)13-15-22/h5-17,24,27H,1-4H3,(H,26,28)/t24-/m1/s1. The van der Waals surface area contributed by atoms with Gasteiger partial charge in [-0.1, -0.05) is 61.9 Å². The Bertz CT molecular complexity index is 1170. The molecule has 0 aliphatic rings. The third kappa shape index (κ3) is 5.52. The van der Waals surface area contributed by atoms with Gasteiger partial charge in [-0.3, -0.25) is 9.52 Å². The lowest BCUT2D eigenvalue weighted by atomic mass is 9.92. The summed E-state index contributed by atoms with van der Waals surface area (Å²) < 4.78 is 27.9. The molecule has 1 atom stereocenters. The molecule has 31 heavy (non-hydrogen) atoms. The van der Waals surface area contributed by atoms with Crippen LogP contribution in [-0.2, 0) is 10.0 Å². The molecule has 0 heterocycles. The van der Waals surface area contributed by atoms with Gasteiger partial charge in [-0.2, -0.15) is 0 Å². The first-order chi connectivity index (χ1) is 14.7. The first-order valence-corrected chi connectivity index (χ1v) is 11.7. The number of aryl methyl sites for hydroxylation is 2. The van der Waals surface area contributed by atoms with Crippen LogP contribution in [0.4, 0.5) is 5.69 Å². The predicted molar refractivity (Wildman–Crippen MR) is 125 cm³/mol. The van der Waals surface area contributed by atoms with Crippen molar-refractivity contribution in [1.29, 1.82) is 0 Å². The van der Waals surface area contributed by atoms with Gasteiger partial charge in [0.05, 0.1) is 10.9 Å². The number of sulfonamides is 1. The fourth-order valence-corrected chi connectivity index (χ4v) is 4.47. The number of carbonyl (C=O) groups is 1. The summed E-state index contributed by atoms with van der Waals surface area (Å²) >= 11 is 0. The van der Waals surface area contributed by atoms with Crippen LogP contribution in [0.1, 0.15) is 46.9 Å². The Labute approximate surface area is 184 Å². The normalized spacial score (nSPS) is 12.4. The Morgan fingerprint density at radius 3 is 2.19 bits per heavy atom. The number of hydrogen-bond donors (Lipinski definition) is 2. The Balaban J connectivity index is 1.81. The molecule has 0 radical (unpaired) electrons. The maximum atomic E-state index is 13.0. The molecule has 3 aromatic rings. The van der Waals surface area contributed by atoms with Gasteiger partial charge in [0.2, 0.25) is 0 Å². The molecule has 6 heteroatoms. The predicted octanol–water partition coefficient (Wildman–Crippen LogP) is 5.23. The fraction of sp³-hybridized carbons (Fsp3) is 0.240. The van der Waals surface area contributed by atoms with Gasteiger partial charge >= 0.3 is 0 Å². The average Bonchev–Trinajstić information content (AvgIpc) is 2.72. The van der Waals surface area contributed by atoms with Crippen molar-refractivity contribution in [3.05, 3.63) is 95.1 Å². The second-order valence-electron chi connectivity index (χ2n) is 8.05. The monoisotopic (exact) mass is 436 g/mol. The van der Waals surface area contributed by atoms with Crippen LogP contribution in [0.3, 0.4) is 0 Å². The van der Waals surface area contributed by atoms with Crippen molar-refractivity contribution < 1.29 is 13.2 Å². The van der Waals surface area contributed by atoms with E-state index in [2.05, 4.69) is 23.9 Å². The van der Waals surface area contributed by atoms with Crippen LogP contribution < -0.4 is 10.0 Å². The Morgan fingerprint density at radius 2 is 1.55 bits per heavy atom. The van der Waals surface area contributed by atoms with E-state index in [1.807, 2.05) is 38.1 Å². The molecule has 0 aliphatic carbocycles. The third-order valence-corrected chi connectivity index (χ3v) is 6.58. The van der Waals surface area contributed by atoms with E-state index < -0.39 is 10.0 Å². The molecule has 0 fully saturated rings. The van der Waals surface area contributed by atoms with E-state index in [4.69, 9.17) is 0 Å². The highest BCUT2D eigenvalue weighted by atomic mass is 32.2. The molecule has 0 unspecified atom stereocenters. The zero-order chi connectivity index (χ0) is 22.6. The Kier molecular flexibility index (Phi) is 6.81. The van der Waals surface area contributed by atoms with Crippen LogP contribution in [0.5, 0.6) is 0 Å². The van der Waals surface area contributed by atoms with Gasteiger partial charge in [-0.25, -0.2) is 8.42 Å². The van der Waals surface area contributed by atoms with E-state index in [1.54, 1.807) is 48.5 Å². The summed E-state index contributed by atoms with van der Waals surface area (Å²) in [7, 11) is -3.74. The molecule has 0 saturated heterocycles. The van der Waals surface area contributed by atoms with E-state index in [0.717, 1.165) is 16.7 Å². The van der Waals surface area contributed by atoms with E-state index in [0.29, 0.717) is 11.3 Å². The number of nitrogens with one attached hydrogen (secondary N) is 2. The van der Waals surface area contributed by atoms with Gasteiger partial charge < -0.3 is 5.32 Å². The Hall–Kier alpha value is -3.12. The summed E-state index contributed by atoms with van der Waals surface area (Å²) in [4.78, 5) is 13.2. The van der Waals surface area contributed by atoms with Crippen molar-refractivity contribution in [3.8, 4) is 0 Å². The van der Waals surface area contributed by atoms with E-state index in [-0.39, 0.29) is 22.8 Å². The van der Waals surface area contributed by atoms with Crippen molar-refractivity contribution in [2.24, 2.45) is 5.92 Å². The average molecular weight is 437 g/mol. The Morgan fingerprint density at radius 1 is 0.871 bits per heavy atom. The van der Waals surface area contributed by atoms with Crippen molar-refractivity contribution in [1.82, 2.24) is 5.32 Å². The minimum atomic E-state index is -3.74. The van der Waals surface area contributed by atoms with E-state index >= 15 is 0 Å². The van der Waals surface area contributed by atoms with Crippen molar-refractivity contribution >= 4 is 21.6 Å². The van der Waals surface area contributed by atoms with Crippen LogP contribution in [0.2, 0.25) is 0 Å². The number of rotatable bonds is 7. The van der Waals surface area contributed by atoms with Crippen molar-refractivity contribution in [3.63, 3.8) is 0 Å². The number of amides is 1. The maximum absolute atomic E-state index is 13.0. The van der Waals surface area contributed by atoms with Crippen LogP contribution in [-0.4, -0.2) is 14.3 Å². The zero-order valence-corrected chi connectivity index (χ0v) is 19.0. The highest BCUT2D eigenvalue weighted by Crippen LogP contribution is 2.25. The summed E-state index contributed by atoms with van der Waals surface area (Å²) in [5, 5.41) is 3.10. The van der Waals surface area contributed by atoms with Crippen LogP contribution in [0, 0.1) is 19.8 Å². The van der Waals surface area contributed by atoms with Gasteiger partial charge in [0, 0.05) is 11.3 Å². The minimum absolute atomic E-state index is 0.151. The summed E-state index contributed by atoms with van der Waals surface area (Å²) in [6.45, 7) is 8.04. The first-order valence-electron chi connectivity index (χ1n) is 10.2. The van der Waals surface area contributed by atoms with Crippen LogP contribution >= 0.6 is 0 Å². The second-order valence-corrected chi connectivity index (χ2v) is 9.73. The molecular formula is C25H28N2O3S. The van der Waals surface area contributed by atoms with Crippen molar-refractivity contribution in [2.45, 2.75) is 38.6 Å². The topological polar surface area (TPSA) is 75.3 Å². The highest BCUT2D eigenvalue weighted by molar-refractivity contribution is 7.92. The molecule has 1 amide bonds. The highest BCUT2D eigenvalue weighted by Gasteiger charge is 2.21. The quantitative estimate of drug-likeness (QED) is 0.532. The summed E-state index contributed by atoms with van der Waals surface area (Å²) in [6.07, 6.45) is 0. The molecule has 2 N–H and O–H groups in total. The molecule has 3 rings (SSSR count). The van der Waals surface area contributed by atoms with E-state index in [9.17, 15) is 13.2 Å². The molecule has 0 aromatic heterocycles. The fourth-order valence-electron chi connectivity index (χ4n) is 3.42. The lowest BCUT2D eigenvalue weighted by molar-refractivity contribution is 0.0925. The van der Waals surface area contributed by atoms with Gasteiger partial charge in [-0.05, 0) is 61.2 Å².